The van der Waals surface area contributed by atoms with Crippen LogP contribution in [0.25, 0.3) is 0 Å². The van der Waals surface area contributed by atoms with Crippen LogP contribution < -0.4 is 10.8 Å². The molecule has 1 aromatic heterocycles. The van der Waals surface area contributed by atoms with Gasteiger partial charge in [0.05, 0.1) is 16.3 Å². The van der Waals surface area contributed by atoms with Crippen molar-refractivity contribution in [1.82, 2.24) is 4.98 Å². The molecule has 2 aromatic carbocycles. The zero-order valence-corrected chi connectivity index (χ0v) is 15.4. The highest BCUT2D eigenvalue weighted by atomic mass is 32.2. The van der Waals surface area contributed by atoms with Crippen molar-refractivity contribution < 1.29 is 24.3 Å². The Morgan fingerprint density at radius 1 is 1.14 bits per heavy atom. The van der Waals surface area contributed by atoms with E-state index in [9.17, 15) is 24.3 Å². The summed E-state index contributed by atoms with van der Waals surface area (Å²) >= 11 is 1.39. The Hall–Kier alpha value is -2.88. The van der Waals surface area contributed by atoms with E-state index in [1.54, 1.807) is 30.3 Å². The monoisotopic (exact) mass is 398 g/mol. The largest absolute Gasteiger partial charge is 0.506 e. The normalized spacial score (nSPS) is 10.5. The van der Waals surface area contributed by atoms with Crippen LogP contribution in [-0.2, 0) is 5.75 Å². The summed E-state index contributed by atoms with van der Waals surface area (Å²) < 4.78 is 13.0. The molecule has 6 nitrogen and oxygen atoms in total. The lowest BCUT2D eigenvalue weighted by Gasteiger charge is -2.09. The van der Waals surface area contributed by atoms with Gasteiger partial charge >= 0.3 is 7.12 Å². The number of rotatable bonds is 6. The van der Waals surface area contributed by atoms with Gasteiger partial charge in [-0.05, 0) is 35.3 Å². The number of hydrogen-bond donors (Lipinski definition) is 4. The van der Waals surface area contributed by atoms with Gasteiger partial charge in [0.1, 0.15) is 11.6 Å². The standard InChI is InChI=1S/C19H16BFN2O4S/c21-14-6-7-16(17(24)9-14)23-19(25)12-5-8-18(22-10-12)28-11-13-3-1-2-4-15(13)20(26)27/h1-10,24,26-27H,11H2,(H,23,25). The average Bonchev–Trinajstić information content (AvgIpc) is 2.69. The summed E-state index contributed by atoms with van der Waals surface area (Å²) in [6.07, 6.45) is 1.39. The van der Waals surface area contributed by atoms with Gasteiger partial charge in [0.15, 0.2) is 0 Å². The molecule has 9 heteroatoms. The highest BCUT2D eigenvalue weighted by Crippen LogP contribution is 2.25. The SMILES string of the molecule is O=C(Nc1ccc(F)cc1O)c1ccc(SCc2ccccc2B(O)O)nc1. The van der Waals surface area contributed by atoms with Crippen molar-refractivity contribution >= 4 is 35.9 Å². The number of thioether (sulfide) groups is 1. The van der Waals surface area contributed by atoms with E-state index >= 15 is 0 Å². The Labute approximate surface area is 165 Å². The van der Waals surface area contributed by atoms with Crippen molar-refractivity contribution in [1.29, 1.82) is 0 Å². The number of nitrogens with zero attached hydrogens (tertiary/aromatic N) is 1. The number of phenols is 1. The highest BCUT2D eigenvalue weighted by molar-refractivity contribution is 7.98. The van der Waals surface area contributed by atoms with Crippen molar-refractivity contribution in [2.45, 2.75) is 10.8 Å². The number of phenolic OH excluding ortho intramolecular Hbond substituents is 1. The van der Waals surface area contributed by atoms with Crippen LogP contribution in [0.2, 0.25) is 0 Å². The number of carbonyl (C=O) groups excluding carboxylic acids is 1. The van der Waals surface area contributed by atoms with Crippen molar-refractivity contribution in [3.8, 4) is 5.75 Å². The smallest absolute Gasteiger partial charge is 0.488 e. The minimum Gasteiger partial charge on any atom is -0.506 e. The van der Waals surface area contributed by atoms with Crippen molar-refractivity contribution in [2.75, 3.05) is 5.32 Å². The summed E-state index contributed by atoms with van der Waals surface area (Å²) in [6.45, 7) is 0. The number of hydrogen-bond acceptors (Lipinski definition) is 6. The van der Waals surface area contributed by atoms with Gasteiger partial charge in [-0.25, -0.2) is 9.37 Å². The molecule has 0 radical (unpaired) electrons. The summed E-state index contributed by atoms with van der Waals surface area (Å²) in [7, 11) is -1.54. The quantitative estimate of drug-likeness (QED) is 0.288. The lowest BCUT2D eigenvalue weighted by molar-refractivity contribution is 0.102. The van der Waals surface area contributed by atoms with E-state index in [0.717, 1.165) is 17.7 Å². The van der Waals surface area contributed by atoms with Gasteiger partial charge in [-0.1, -0.05) is 24.3 Å². The molecular formula is C19H16BFN2O4S. The van der Waals surface area contributed by atoms with Crippen molar-refractivity contribution in [2.24, 2.45) is 0 Å². The number of halogens is 1. The Kier molecular flexibility index (Phi) is 6.30. The summed E-state index contributed by atoms with van der Waals surface area (Å²) in [4.78, 5) is 16.5. The maximum absolute atomic E-state index is 13.0. The molecule has 3 rings (SSSR count). The van der Waals surface area contributed by atoms with Crippen LogP contribution in [0.1, 0.15) is 15.9 Å². The molecule has 0 aliphatic carbocycles. The van der Waals surface area contributed by atoms with Gasteiger partial charge in [-0.3, -0.25) is 4.79 Å². The molecule has 0 spiro atoms. The lowest BCUT2D eigenvalue weighted by atomic mass is 9.77. The van der Waals surface area contributed by atoms with Crippen LogP contribution in [0.4, 0.5) is 10.1 Å². The summed E-state index contributed by atoms with van der Waals surface area (Å²) in [5.74, 6) is -0.970. The second-order valence-corrected chi connectivity index (χ2v) is 6.86. The number of anilines is 1. The molecule has 1 heterocycles. The van der Waals surface area contributed by atoms with E-state index in [0.29, 0.717) is 16.2 Å². The molecule has 0 saturated carbocycles. The summed E-state index contributed by atoms with van der Waals surface area (Å²) in [5, 5.41) is 31.6. The first-order valence-corrected chi connectivity index (χ1v) is 9.25. The van der Waals surface area contributed by atoms with Gasteiger partial charge in [0.25, 0.3) is 5.91 Å². The van der Waals surface area contributed by atoms with Gasteiger partial charge in [0, 0.05) is 18.0 Å². The first kappa shape index (κ1) is 19.9. The molecule has 0 aliphatic heterocycles. The Balaban J connectivity index is 1.64. The second-order valence-electron chi connectivity index (χ2n) is 5.86. The zero-order chi connectivity index (χ0) is 20.1. The number of nitrogens with one attached hydrogen (secondary N) is 1. The van der Waals surface area contributed by atoms with E-state index in [2.05, 4.69) is 10.3 Å². The van der Waals surface area contributed by atoms with Crippen LogP contribution >= 0.6 is 11.8 Å². The third kappa shape index (κ3) is 4.89. The molecule has 0 unspecified atom stereocenters. The van der Waals surface area contributed by atoms with Crippen LogP contribution in [0.5, 0.6) is 5.75 Å². The first-order chi connectivity index (χ1) is 13.4. The summed E-state index contributed by atoms with van der Waals surface area (Å²) in [6, 6.07) is 13.6. The molecule has 0 fully saturated rings. The minimum absolute atomic E-state index is 0.101. The molecule has 0 saturated heterocycles. The second kappa shape index (κ2) is 8.88. The van der Waals surface area contributed by atoms with Crippen molar-refractivity contribution in [3.63, 3.8) is 0 Å². The highest BCUT2D eigenvalue weighted by Gasteiger charge is 2.15. The Bertz CT molecular complexity index is 986. The number of aromatic hydroxyl groups is 1. The van der Waals surface area contributed by atoms with Gasteiger partial charge < -0.3 is 20.5 Å². The van der Waals surface area contributed by atoms with Crippen molar-refractivity contribution in [3.05, 3.63) is 77.7 Å². The fraction of sp³-hybridized carbons (Fsp3) is 0.0526. The topological polar surface area (TPSA) is 103 Å². The van der Waals surface area contributed by atoms with Crippen LogP contribution in [-0.4, -0.2) is 33.2 Å². The summed E-state index contributed by atoms with van der Waals surface area (Å²) in [5.41, 5.74) is 1.59. The Morgan fingerprint density at radius 2 is 1.93 bits per heavy atom. The predicted molar refractivity (Wildman–Crippen MR) is 106 cm³/mol. The molecule has 142 valence electrons. The van der Waals surface area contributed by atoms with Gasteiger partial charge in [0.2, 0.25) is 0 Å². The van der Waals surface area contributed by atoms with Crippen LogP contribution in [0.15, 0.2) is 65.8 Å². The molecular weight excluding hydrogens is 382 g/mol. The molecule has 1 amide bonds. The maximum Gasteiger partial charge on any atom is 0.488 e. The number of aromatic nitrogens is 1. The van der Waals surface area contributed by atoms with E-state index in [4.69, 9.17) is 0 Å². The molecule has 3 aromatic rings. The van der Waals surface area contributed by atoms with Gasteiger partial charge in [-0.15, -0.1) is 11.8 Å². The maximum atomic E-state index is 13.0. The number of pyridine rings is 1. The van der Waals surface area contributed by atoms with E-state index in [1.165, 1.54) is 24.0 Å². The molecule has 4 N–H and O–H groups in total. The number of benzene rings is 2. The van der Waals surface area contributed by atoms with Crippen LogP contribution in [0.3, 0.4) is 0 Å². The Morgan fingerprint density at radius 3 is 2.61 bits per heavy atom. The van der Waals surface area contributed by atoms with E-state index in [1.807, 2.05) is 6.07 Å². The molecule has 0 aliphatic rings. The van der Waals surface area contributed by atoms with Gasteiger partial charge in [-0.2, -0.15) is 0 Å². The lowest BCUT2D eigenvalue weighted by Crippen LogP contribution is -2.32. The zero-order valence-electron chi connectivity index (χ0n) is 14.5. The van der Waals surface area contributed by atoms with E-state index in [-0.39, 0.29) is 17.0 Å². The van der Waals surface area contributed by atoms with Crippen LogP contribution in [0, 0.1) is 5.82 Å². The number of amides is 1. The first-order valence-electron chi connectivity index (χ1n) is 8.26. The predicted octanol–water partition coefficient (Wildman–Crippen LogP) is 2.15. The molecule has 0 bridgehead atoms. The fourth-order valence-corrected chi connectivity index (χ4v) is 3.33. The minimum atomic E-state index is -1.54. The molecule has 0 atom stereocenters. The third-order valence-corrected chi connectivity index (χ3v) is 4.91. The van der Waals surface area contributed by atoms with E-state index < -0.39 is 18.8 Å². The average molecular weight is 398 g/mol. The fourth-order valence-electron chi connectivity index (χ4n) is 2.47. The molecule has 28 heavy (non-hydrogen) atoms. The third-order valence-electron chi connectivity index (χ3n) is 3.92. The number of carbonyl (C=O) groups is 1.